The fourth-order valence-corrected chi connectivity index (χ4v) is 1.33. The van der Waals surface area contributed by atoms with Crippen LogP contribution in [0.15, 0.2) is 0 Å². The van der Waals surface area contributed by atoms with Gasteiger partial charge in [0, 0.05) is 12.3 Å². The quantitative estimate of drug-likeness (QED) is 0.383. The molecule has 4 nitrogen and oxygen atoms in total. The predicted octanol–water partition coefficient (Wildman–Crippen LogP) is 1.22. The van der Waals surface area contributed by atoms with E-state index in [4.69, 9.17) is 9.47 Å². The maximum absolute atomic E-state index is 11.3. The van der Waals surface area contributed by atoms with Gasteiger partial charge in [-0.25, -0.2) is 4.79 Å². The summed E-state index contributed by atoms with van der Waals surface area (Å²) in [5.74, 6) is 2.57. The molecule has 0 amide bonds. The number of ether oxygens (including phenoxy) is 2. The Kier molecular flexibility index (Phi) is 3.95. The topological polar surface area (TPSA) is 55.8 Å². The van der Waals surface area contributed by atoms with Crippen LogP contribution in [-0.4, -0.2) is 29.1 Å². The van der Waals surface area contributed by atoms with Crippen molar-refractivity contribution in [3.05, 3.63) is 0 Å². The van der Waals surface area contributed by atoms with E-state index in [-0.39, 0.29) is 0 Å². The molecule has 0 bridgehead atoms. The van der Waals surface area contributed by atoms with Crippen molar-refractivity contribution in [2.45, 2.75) is 51.4 Å². The molecule has 1 unspecified atom stereocenters. The van der Waals surface area contributed by atoms with Crippen LogP contribution in [0.5, 0.6) is 0 Å². The summed E-state index contributed by atoms with van der Waals surface area (Å²) >= 11 is 0. The van der Waals surface area contributed by atoms with Gasteiger partial charge in [0.05, 0.1) is 6.61 Å². The molecule has 1 heterocycles. The average molecular weight is 226 g/mol. The van der Waals surface area contributed by atoms with Crippen molar-refractivity contribution < 1.29 is 19.4 Å². The van der Waals surface area contributed by atoms with Crippen LogP contribution in [0.2, 0.25) is 0 Å². The Balaban J connectivity index is 2.55. The van der Waals surface area contributed by atoms with Crippen molar-refractivity contribution in [3.63, 3.8) is 0 Å². The number of esters is 1. The second kappa shape index (κ2) is 4.86. The fourth-order valence-electron chi connectivity index (χ4n) is 1.33. The zero-order valence-corrected chi connectivity index (χ0v) is 10.0. The van der Waals surface area contributed by atoms with Gasteiger partial charge in [-0.05, 0) is 39.5 Å². The molecule has 1 fully saturated rings. The first kappa shape index (κ1) is 13.0. The molecule has 4 heteroatoms. The van der Waals surface area contributed by atoms with E-state index in [2.05, 4.69) is 11.8 Å². The van der Waals surface area contributed by atoms with Crippen LogP contribution in [0.1, 0.15) is 40.0 Å². The summed E-state index contributed by atoms with van der Waals surface area (Å²) < 4.78 is 10.1. The van der Waals surface area contributed by atoms with Gasteiger partial charge in [-0.15, -0.1) is 0 Å². The van der Waals surface area contributed by atoms with E-state index in [1.54, 1.807) is 20.8 Å². The molecule has 16 heavy (non-hydrogen) atoms. The minimum atomic E-state index is -1.48. The Morgan fingerprint density at radius 3 is 2.62 bits per heavy atom. The number of carbonyl (C=O) groups excluding carboxylic acids is 1. The molecular weight excluding hydrogens is 208 g/mol. The first-order valence-corrected chi connectivity index (χ1v) is 5.43. The highest BCUT2D eigenvalue weighted by atomic mass is 16.6. The SMILES string of the molecule is CC(C)(C)OC(=O)C#CC1(O)CCCCO1. The third-order valence-corrected chi connectivity index (χ3v) is 2.01. The second-order valence-corrected chi connectivity index (χ2v) is 4.84. The molecule has 1 N–H and O–H groups in total. The number of rotatable bonds is 0. The van der Waals surface area contributed by atoms with E-state index in [1.165, 1.54) is 0 Å². The summed E-state index contributed by atoms with van der Waals surface area (Å²) in [7, 11) is 0. The lowest BCUT2D eigenvalue weighted by atomic mass is 10.1. The van der Waals surface area contributed by atoms with E-state index in [0.717, 1.165) is 12.8 Å². The Labute approximate surface area is 95.9 Å². The molecule has 1 atom stereocenters. The molecule has 0 aromatic rings. The third-order valence-electron chi connectivity index (χ3n) is 2.01. The molecule has 1 aliphatic heterocycles. The third kappa shape index (κ3) is 4.65. The van der Waals surface area contributed by atoms with Gasteiger partial charge in [0.1, 0.15) is 5.60 Å². The summed E-state index contributed by atoms with van der Waals surface area (Å²) in [6.45, 7) is 5.76. The number of hydrogen-bond acceptors (Lipinski definition) is 4. The van der Waals surface area contributed by atoms with Gasteiger partial charge in [0.25, 0.3) is 0 Å². The Morgan fingerprint density at radius 2 is 2.12 bits per heavy atom. The monoisotopic (exact) mass is 226 g/mol. The molecule has 0 radical (unpaired) electrons. The van der Waals surface area contributed by atoms with Crippen molar-refractivity contribution in [2.24, 2.45) is 0 Å². The molecule has 0 saturated carbocycles. The van der Waals surface area contributed by atoms with Crippen LogP contribution < -0.4 is 0 Å². The molecular formula is C12H18O4. The van der Waals surface area contributed by atoms with Crippen LogP contribution >= 0.6 is 0 Å². The zero-order valence-electron chi connectivity index (χ0n) is 10.0. The summed E-state index contributed by atoms with van der Waals surface area (Å²) in [6.07, 6.45) is 2.19. The first-order chi connectivity index (χ1) is 7.31. The largest absolute Gasteiger partial charge is 0.450 e. The van der Waals surface area contributed by atoms with Gasteiger partial charge in [-0.2, -0.15) is 0 Å². The van der Waals surface area contributed by atoms with Crippen LogP contribution in [0, 0.1) is 11.8 Å². The fraction of sp³-hybridized carbons (Fsp3) is 0.750. The zero-order chi connectivity index (χ0) is 12.2. The highest BCUT2D eigenvalue weighted by molar-refractivity contribution is 5.88. The number of hydrogen-bond donors (Lipinski definition) is 1. The van der Waals surface area contributed by atoms with Gasteiger partial charge >= 0.3 is 5.97 Å². The van der Waals surface area contributed by atoms with Crippen LogP contribution in [0.25, 0.3) is 0 Å². The van der Waals surface area contributed by atoms with Crippen molar-refractivity contribution in [1.29, 1.82) is 0 Å². The van der Waals surface area contributed by atoms with Gasteiger partial charge in [0.15, 0.2) is 0 Å². The van der Waals surface area contributed by atoms with E-state index < -0.39 is 17.4 Å². The van der Waals surface area contributed by atoms with Crippen molar-refractivity contribution in [2.75, 3.05) is 6.61 Å². The van der Waals surface area contributed by atoms with Crippen molar-refractivity contribution in [3.8, 4) is 11.8 Å². The van der Waals surface area contributed by atoms with Gasteiger partial charge in [-0.3, -0.25) is 0 Å². The van der Waals surface area contributed by atoms with E-state index in [1.807, 2.05) is 0 Å². The molecule has 1 aliphatic rings. The van der Waals surface area contributed by atoms with Gasteiger partial charge < -0.3 is 14.6 Å². The molecule has 0 aliphatic carbocycles. The van der Waals surface area contributed by atoms with Crippen LogP contribution in [0.4, 0.5) is 0 Å². The lowest BCUT2D eigenvalue weighted by Crippen LogP contribution is -2.34. The minimum Gasteiger partial charge on any atom is -0.450 e. The first-order valence-electron chi connectivity index (χ1n) is 5.43. The molecule has 0 aromatic heterocycles. The molecule has 1 saturated heterocycles. The Morgan fingerprint density at radius 1 is 1.44 bits per heavy atom. The second-order valence-electron chi connectivity index (χ2n) is 4.84. The van der Waals surface area contributed by atoms with Crippen LogP contribution in [0.3, 0.4) is 0 Å². The highest BCUT2D eigenvalue weighted by Crippen LogP contribution is 2.20. The summed E-state index contributed by atoms with van der Waals surface area (Å²) in [5, 5.41) is 9.81. The van der Waals surface area contributed by atoms with Crippen LogP contribution in [-0.2, 0) is 14.3 Å². The van der Waals surface area contributed by atoms with E-state index in [0.29, 0.717) is 13.0 Å². The van der Waals surface area contributed by atoms with E-state index in [9.17, 15) is 9.90 Å². The van der Waals surface area contributed by atoms with Gasteiger partial charge in [-0.1, -0.05) is 0 Å². The Bertz CT molecular complexity index is 310. The molecule has 90 valence electrons. The summed E-state index contributed by atoms with van der Waals surface area (Å²) in [6, 6.07) is 0. The maximum Gasteiger partial charge on any atom is 0.385 e. The number of aliphatic hydroxyl groups is 1. The maximum atomic E-state index is 11.3. The molecule has 1 rings (SSSR count). The highest BCUT2D eigenvalue weighted by Gasteiger charge is 2.28. The lowest BCUT2D eigenvalue weighted by Gasteiger charge is -2.26. The summed E-state index contributed by atoms with van der Waals surface area (Å²) in [5.41, 5.74) is -0.568. The summed E-state index contributed by atoms with van der Waals surface area (Å²) in [4.78, 5) is 11.3. The minimum absolute atomic E-state index is 0.433. The average Bonchev–Trinajstić information content (AvgIpc) is 2.14. The normalized spacial score (nSPS) is 25.5. The lowest BCUT2D eigenvalue weighted by molar-refractivity contribution is -0.181. The van der Waals surface area contributed by atoms with Crippen molar-refractivity contribution >= 4 is 5.97 Å². The van der Waals surface area contributed by atoms with Gasteiger partial charge in [0.2, 0.25) is 5.79 Å². The van der Waals surface area contributed by atoms with Crippen molar-refractivity contribution in [1.82, 2.24) is 0 Å². The van der Waals surface area contributed by atoms with E-state index >= 15 is 0 Å². The predicted molar refractivity (Wildman–Crippen MR) is 58.4 cm³/mol. The standard InChI is InChI=1S/C12H18O4/c1-11(2,3)16-10(13)6-8-12(14)7-4-5-9-15-12/h14H,4-5,7,9H2,1-3H3. The number of carbonyl (C=O) groups is 1. The molecule has 0 spiro atoms. The molecule has 0 aromatic carbocycles. The Hall–Kier alpha value is -1.05. The smallest absolute Gasteiger partial charge is 0.385 e.